The standard InChI is InChI=1S/C18H34N2S/c1-21-18(11-6-3-7-12-18)16-20-14-8-13-19-17(15-20)9-4-2-5-10-17/h19H,2-16H2,1H3. The molecule has 1 saturated heterocycles. The molecule has 2 nitrogen and oxygen atoms in total. The van der Waals surface area contributed by atoms with Gasteiger partial charge in [-0.25, -0.2) is 0 Å². The van der Waals surface area contributed by atoms with E-state index in [9.17, 15) is 0 Å². The molecule has 1 spiro atoms. The van der Waals surface area contributed by atoms with Crippen molar-refractivity contribution in [2.45, 2.75) is 80.9 Å². The first-order chi connectivity index (χ1) is 10.3. The molecule has 3 heteroatoms. The highest BCUT2D eigenvalue weighted by Crippen LogP contribution is 2.40. The molecule has 0 bridgehead atoms. The Bertz CT molecular complexity index is 319. The van der Waals surface area contributed by atoms with E-state index in [2.05, 4.69) is 28.2 Å². The van der Waals surface area contributed by atoms with Gasteiger partial charge in [-0.3, -0.25) is 0 Å². The van der Waals surface area contributed by atoms with Crippen LogP contribution in [0, 0.1) is 0 Å². The zero-order valence-electron chi connectivity index (χ0n) is 14.0. The minimum absolute atomic E-state index is 0.461. The highest BCUT2D eigenvalue weighted by molar-refractivity contribution is 8.00. The molecular weight excluding hydrogens is 276 g/mol. The quantitative estimate of drug-likeness (QED) is 0.846. The van der Waals surface area contributed by atoms with Gasteiger partial charge in [0.15, 0.2) is 0 Å². The van der Waals surface area contributed by atoms with Crippen LogP contribution in [0.5, 0.6) is 0 Å². The van der Waals surface area contributed by atoms with Crippen LogP contribution in [0.15, 0.2) is 0 Å². The maximum atomic E-state index is 3.95. The zero-order chi connectivity index (χ0) is 14.6. The molecule has 0 unspecified atom stereocenters. The smallest absolute Gasteiger partial charge is 0.0308 e. The molecule has 0 aromatic carbocycles. The summed E-state index contributed by atoms with van der Waals surface area (Å²) in [4.78, 5) is 2.84. The van der Waals surface area contributed by atoms with Gasteiger partial charge in [-0.15, -0.1) is 0 Å². The van der Waals surface area contributed by atoms with Crippen LogP contribution in [0.2, 0.25) is 0 Å². The van der Waals surface area contributed by atoms with E-state index in [0.717, 1.165) is 0 Å². The van der Waals surface area contributed by atoms with Gasteiger partial charge in [0.25, 0.3) is 0 Å². The van der Waals surface area contributed by atoms with Crippen LogP contribution in [0.4, 0.5) is 0 Å². The third-order valence-electron chi connectivity index (χ3n) is 6.20. The van der Waals surface area contributed by atoms with Crippen LogP contribution in [0.3, 0.4) is 0 Å². The van der Waals surface area contributed by atoms with Gasteiger partial charge in [0.2, 0.25) is 0 Å². The van der Waals surface area contributed by atoms with Crippen molar-refractivity contribution >= 4 is 11.8 Å². The molecule has 0 atom stereocenters. The fourth-order valence-electron chi connectivity index (χ4n) is 4.95. The Morgan fingerprint density at radius 1 is 0.905 bits per heavy atom. The highest BCUT2D eigenvalue weighted by atomic mass is 32.2. The van der Waals surface area contributed by atoms with E-state index in [0.29, 0.717) is 10.3 Å². The first kappa shape index (κ1) is 16.1. The largest absolute Gasteiger partial charge is 0.310 e. The molecular formula is C18H34N2S. The molecule has 1 aliphatic heterocycles. The lowest BCUT2D eigenvalue weighted by Gasteiger charge is -2.44. The first-order valence-electron chi connectivity index (χ1n) is 9.29. The number of nitrogens with zero attached hydrogens (tertiary/aromatic N) is 1. The third-order valence-corrected chi connectivity index (χ3v) is 7.60. The van der Waals surface area contributed by atoms with Gasteiger partial charge in [0.05, 0.1) is 0 Å². The average Bonchev–Trinajstić information content (AvgIpc) is 2.71. The molecule has 122 valence electrons. The molecule has 21 heavy (non-hydrogen) atoms. The van der Waals surface area contributed by atoms with Crippen molar-refractivity contribution in [3.05, 3.63) is 0 Å². The van der Waals surface area contributed by atoms with Crippen molar-refractivity contribution in [2.24, 2.45) is 0 Å². The molecule has 2 aliphatic carbocycles. The van der Waals surface area contributed by atoms with E-state index in [1.165, 1.54) is 96.8 Å². The molecule has 1 heterocycles. The molecule has 0 aromatic heterocycles. The number of nitrogens with one attached hydrogen (secondary N) is 1. The normalized spacial score (nSPS) is 30.1. The summed E-state index contributed by atoms with van der Waals surface area (Å²) in [6, 6.07) is 0. The maximum Gasteiger partial charge on any atom is 0.0308 e. The Balaban J connectivity index is 1.65. The van der Waals surface area contributed by atoms with Crippen molar-refractivity contribution < 1.29 is 0 Å². The van der Waals surface area contributed by atoms with Gasteiger partial charge in [-0.05, 0) is 51.4 Å². The van der Waals surface area contributed by atoms with Crippen molar-refractivity contribution in [2.75, 3.05) is 32.4 Å². The molecule has 0 radical (unpaired) electrons. The number of rotatable bonds is 3. The van der Waals surface area contributed by atoms with E-state index in [-0.39, 0.29) is 0 Å². The van der Waals surface area contributed by atoms with E-state index in [1.54, 1.807) is 0 Å². The third kappa shape index (κ3) is 3.97. The number of hydrogen-bond acceptors (Lipinski definition) is 3. The molecule has 3 rings (SSSR count). The summed E-state index contributed by atoms with van der Waals surface area (Å²) < 4.78 is 0.568. The van der Waals surface area contributed by atoms with Gasteiger partial charge in [0.1, 0.15) is 0 Å². The number of hydrogen-bond donors (Lipinski definition) is 1. The first-order valence-corrected chi connectivity index (χ1v) is 10.5. The summed E-state index contributed by atoms with van der Waals surface area (Å²) >= 11 is 2.17. The minimum Gasteiger partial charge on any atom is -0.310 e. The van der Waals surface area contributed by atoms with Crippen LogP contribution in [-0.4, -0.2) is 47.6 Å². The van der Waals surface area contributed by atoms with Crippen molar-refractivity contribution in [3.63, 3.8) is 0 Å². The van der Waals surface area contributed by atoms with Crippen LogP contribution < -0.4 is 5.32 Å². The van der Waals surface area contributed by atoms with Gasteiger partial charge in [-0.2, -0.15) is 11.8 Å². The fourth-order valence-corrected chi connectivity index (χ4v) is 5.96. The molecule has 1 N–H and O–H groups in total. The van der Waals surface area contributed by atoms with Crippen molar-refractivity contribution in [1.82, 2.24) is 10.2 Å². The van der Waals surface area contributed by atoms with Gasteiger partial charge in [0, 0.05) is 23.4 Å². The van der Waals surface area contributed by atoms with E-state index >= 15 is 0 Å². The summed E-state index contributed by atoms with van der Waals surface area (Å²) in [6.07, 6.45) is 18.1. The summed E-state index contributed by atoms with van der Waals surface area (Å²) in [5.41, 5.74) is 0.461. The Morgan fingerprint density at radius 2 is 1.57 bits per heavy atom. The lowest BCUT2D eigenvalue weighted by atomic mass is 9.81. The second-order valence-corrected chi connectivity index (χ2v) is 9.05. The van der Waals surface area contributed by atoms with Crippen LogP contribution in [0.25, 0.3) is 0 Å². The van der Waals surface area contributed by atoms with Crippen LogP contribution in [-0.2, 0) is 0 Å². The summed E-state index contributed by atoms with van der Waals surface area (Å²) in [7, 11) is 0. The van der Waals surface area contributed by atoms with Crippen molar-refractivity contribution in [1.29, 1.82) is 0 Å². The lowest BCUT2D eigenvalue weighted by molar-refractivity contribution is 0.147. The maximum absolute atomic E-state index is 3.95. The monoisotopic (exact) mass is 310 g/mol. The van der Waals surface area contributed by atoms with Gasteiger partial charge >= 0.3 is 0 Å². The second-order valence-electron chi connectivity index (χ2n) is 7.78. The molecule has 3 aliphatic rings. The summed E-state index contributed by atoms with van der Waals surface area (Å²) in [5, 5.41) is 3.95. The lowest BCUT2D eigenvalue weighted by Crippen LogP contribution is -2.54. The SMILES string of the molecule is CSC1(CN2CCCNC3(CCCCC3)C2)CCCCC1. The predicted octanol–water partition coefficient (Wildman–Crippen LogP) is 4.05. The van der Waals surface area contributed by atoms with Crippen molar-refractivity contribution in [3.8, 4) is 0 Å². The van der Waals surface area contributed by atoms with E-state index in [1.807, 2.05) is 0 Å². The predicted molar refractivity (Wildman–Crippen MR) is 94.2 cm³/mol. The molecule has 0 amide bonds. The Labute approximate surface area is 135 Å². The molecule has 3 fully saturated rings. The fraction of sp³-hybridized carbons (Fsp3) is 1.00. The van der Waals surface area contributed by atoms with Crippen LogP contribution in [0.1, 0.15) is 70.6 Å². The summed E-state index contributed by atoms with van der Waals surface area (Å²) in [6.45, 7) is 5.22. The highest BCUT2D eigenvalue weighted by Gasteiger charge is 2.38. The number of thioether (sulfide) groups is 1. The molecule has 0 aromatic rings. The van der Waals surface area contributed by atoms with Crippen LogP contribution >= 0.6 is 11.8 Å². The minimum atomic E-state index is 0.461. The topological polar surface area (TPSA) is 15.3 Å². The Hall–Kier alpha value is 0.270. The average molecular weight is 311 g/mol. The molecule has 2 saturated carbocycles. The Kier molecular flexibility index (Phi) is 5.55. The van der Waals surface area contributed by atoms with E-state index < -0.39 is 0 Å². The zero-order valence-corrected chi connectivity index (χ0v) is 14.8. The van der Waals surface area contributed by atoms with E-state index in [4.69, 9.17) is 0 Å². The Morgan fingerprint density at radius 3 is 2.24 bits per heavy atom. The second kappa shape index (κ2) is 7.23. The van der Waals surface area contributed by atoms with Gasteiger partial charge in [-0.1, -0.05) is 38.5 Å². The summed E-state index contributed by atoms with van der Waals surface area (Å²) in [5.74, 6) is 0. The van der Waals surface area contributed by atoms with Gasteiger partial charge < -0.3 is 10.2 Å².